The van der Waals surface area contributed by atoms with Gasteiger partial charge in [-0.3, -0.25) is 4.79 Å². The first-order chi connectivity index (χ1) is 8.39. The van der Waals surface area contributed by atoms with E-state index in [9.17, 15) is 18.0 Å². The van der Waals surface area contributed by atoms with Gasteiger partial charge >= 0.3 is 6.18 Å². The van der Waals surface area contributed by atoms with Crippen LogP contribution in [0, 0.1) is 0 Å². The summed E-state index contributed by atoms with van der Waals surface area (Å²) in [6.07, 6.45) is -4.38. The Hall–Kier alpha value is -1.14. The van der Waals surface area contributed by atoms with Gasteiger partial charge < -0.3 is 0 Å². The quantitative estimate of drug-likeness (QED) is 0.723. The molecule has 2 rings (SSSR count). The molecule has 0 aliphatic carbocycles. The summed E-state index contributed by atoms with van der Waals surface area (Å²) in [4.78, 5) is 12.5. The fourth-order valence-corrected chi connectivity index (χ4v) is 2.91. The molecule has 0 radical (unpaired) electrons. The van der Waals surface area contributed by atoms with Crippen LogP contribution in [0.4, 0.5) is 13.2 Å². The first-order valence-corrected chi connectivity index (χ1v) is 6.52. The van der Waals surface area contributed by atoms with Crippen molar-refractivity contribution in [1.29, 1.82) is 0 Å². The molecule has 0 aliphatic heterocycles. The summed E-state index contributed by atoms with van der Waals surface area (Å²) in [6.45, 7) is 0. The van der Waals surface area contributed by atoms with Gasteiger partial charge in [0, 0.05) is 10.0 Å². The molecule has 0 aliphatic rings. The second-order valence-corrected chi connectivity index (χ2v) is 5.27. The molecule has 94 valence electrons. The standard InChI is InChI=1S/C12H6BrF3OS/c13-9-5-6-18-11(9)10(17)7-1-3-8(4-2-7)12(14,15)16/h1-6H. The Morgan fingerprint density at radius 3 is 2.17 bits per heavy atom. The van der Waals surface area contributed by atoms with Crippen LogP contribution in [-0.2, 0) is 6.18 Å². The van der Waals surface area contributed by atoms with Crippen LogP contribution in [0.2, 0.25) is 0 Å². The number of carbonyl (C=O) groups excluding carboxylic acids is 1. The van der Waals surface area contributed by atoms with Crippen molar-refractivity contribution >= 4 is 33.0 Å². The van der Waals surface area contributed by atoms with Crippen molar-refractivity contribution in [1.82, 2.24) is 0 Å². The first kappa shape index (κ1) is 13.3. The number of hydrogen-bond acceptors (Lipinski definition) is 2. The Balaban J connectivity index is 2.31. The van der Waals surface area contributed by atoms with Gasteiger partial charge in [0.15, 0.2) is 0 Å². The van der Waals surface area contributed by atoms with Crippen LogP contribution in [0.25, 0.3) is 0 Å². The van der Waals surface area contributed by atoms with Gasteiger partial charge in [0.1, 0.15) is 0 Å². The highest BCUT2D eigenvalue weighted by molar-refractivity contribution is 9.10. The molecule has 1 heterocycles. The van der Waals surface area contributed by atoms with E-state index in [1.807, 2.05) is 0 Å². The summed E-state index contributed by atoms with van der Waals surface area (Å²) in [5.74, 6) is -0.286. The topological polar surface area (TPSA) is 17.1 Å². The molecule has 0 amide bonds. The third-order valence-electron chi connectivity index (χ3n) is 2.30. The summed E-state index contributed by atoms with van der Waals surface area (Å²) in [5, 5.41) is 1.74. The van der Waals surface area contributed by atoms with Crippen molar-refractivity contribution in [3.63, 3.8) is 0 Å². The maximum absolute atomic E-state index is 12.4. The second kappa shape index (κ2) is 4.85. The van der Waals surface area contributed by atoms with Crippen LogP contribution < -0.4 is 0 Å². The van der Waals surface area contributed by atoms with E-state index in [2.05, 4.69) is 15.9 Å². The molecule has 1 aromatic carbocycles. The summed E-state index contributed by atoms with van der Waals surface area (Å²) < 4.78 is 37.8. The molecular weight excluding hydrogens is 329 g/mol. The van der Waals surface area contributed by atoms with Gasteiger partial charge in [0.2, 0.25) is 5.78 Å². The normalized spacial score (nSPS) is 11.6. The Labute approximate surface area is 113 Å². The fraction of sp³-hybridized carbons (Fsp3) is 0.0833. The van der Waals surface area contributed by atoms with Crippen molar-refractivity contribution in [3.8, 4) is 0 Å². The van der Waals surface area contributed by atoms with Gasteiger partial charge in [-0.05, 0) is 39.5 Å². The van der Waals surface area contributed by atoms with Crippen LogP contribution >= 0.6 is 27.3 Å². The number of carbonyl (C=O) groups is 1. The van der Waals surface area contributed by atoms with E-state index < -0.39 is 11.7 Å². The molecule has 0 atom stereocenters. The summed E-state index contributed by atoms with van der Waals surface area (Å²) in [5.41, 5.74) is -0.518. The van der Waals surface area contributed by atoms with Crippen LogP contribution in [0.1, 0.15) is 20.8 Å². The highest BCUT2D eigenvalue weighted by atomic mass is 79.9. The molecule has 1 nitrogen and oxygen atoms in total. The first-order valence-electron chi connectivity index (χ1n) is 4.84. The molecule has 0 spiro atoms. The maximum atomic E-state index is 12.4. The zero-order valence-corrected chi connectivity index (χ0v) is 11.2. The highest BCUT2D eigenvalue weighted by Crippen LogP contribution is 2.30. The third kappa shape index (κ3) is 2.64. The molecule has 0 saturated carbocycles. The number of rotatable bonds is 2. The van der Waals surface area contributed by atoms with Gasteiger partial charge in [-0.25, -0.2) is 0 Å². The Morgan fingerprint density at radius 1 is 1.11 bits per heavy atom. The number of alkyl halides is 3. The van der Waals surface area contributed by atoms with Crippen molar-refractivity contribution < 1.29 is 18.0 Å². The van der Waals surface area contributed by atoms with Crippen molar-refractivity contribution in [2.24, 2.45) is 0 Å². The number of ketones is 1. The summed E-state index contributed by atoms with van der Waals surface area (Å²) in [6, 6.07) is 5.93. The van der Waals surface area contributed by atoms with Gasteiger partial charge in [0.05, 0.1) is 10.4 Å². The molecule has 2 aromatic rings. The minimum absolute atomic E-state index is 0.242. The monoisotopic (exact) mass is 334 g/mol. The van der Waals surface area contributed by atoms with Crippen LogP contribution in [0.5, 0.6) is 0 Å². The van der Waals surface area contributed by atoms with E-state index in [0.29, 0.717) is 9.35 Å². The lowest BCUT2D eigenvalue weighted by atomic mass is 10.1. The number of benzene rings is 1. The van der Waals surface area contributed by atoms with E-state index >= 15 is 0 Å². The van der Waals surface area contributed by atoms with Crippen LogP contribution in [0.3, 0.4) is 0 Å². The SMILES string of the molecule is O=C(c1ccc(C(F)(F)F)cc1)c1sccc1Br. The lowest BCUT2D eigenvalue weighted by Crippen LogP contribution is -2.06. The van der Waals surface area contributed by atoms with Crippen molar-refractivity contribution in [2.75, 3.05) is 0 Å². The van der Waals surface area contributed by atoms with Gasteiger partial charge in [0.25, 0.3) is 0 Å². The van der Waals surface area contributed by atoms with Crippen LogP contribution in [-0.4, -0.2) is 5.78 Å². The lowest BCUT2D eigenvalue weighted by Gasteiger charge is -2.06. The van der Waals surface area contributed by atoms with E-state index in [4.69, 9.17) is 0 Å². The smallest absolute Gasteiger partial charge is 0.288 e. The third-order valence-corrected chi connectivity index (χ3v) is 4.13. The average Bonchev–Trinajstić information content (AvgIpc) is 2.73. The molecule has 18 heavy (non-hydrogen) atoms. The predicted octanol–water partition coefficient (Wildman–Crippen LogP) is 4.76. The average molecular weight is 335 g/mol. The largest absolute Gasteiger partial charge is 0.416 e. The molecule has 6 heteroatoms. The zero-order chi connectivity index (χ0) is 13.3. The van der Waals surface area contributed by atoms with Gasteiger partial charge in [-0.15, -0.1) is 11.3 Å². The molecular formula is C12H6BrF3OS. The predicted molar refractivity (Wildman–Crippen MR) is 66.9 cm³/mol. The van der Waals surface area contributed by atoms with Crippen molar-refractivity contribution in [3.05, 3.63) is 56.2 Å². The van der Waals surface area contributed by atoms with E-state index in [1.165, 1.54) is 23.5 Å². The molecule has 0 saturated heterocycles. The van der Waals surface area contributed by atoms with E-state index in [-0.39, 0.29) is 11.3 Å². The number of halogens is 4. The minimum atomic E-state index is -4.38. The lowest BCUT2D eigenvalue weighted by molar-refractivity contribution is -0.137. The number of thiophene rings is 1. The zero-order valence-electron chi connectivity index (χ0n) is 8.79. The maximum Gasteiger partial charge on any atom is 0.416 e. The molecule has 1 aromatic heterocycles. The molecule has 0 N–H and O–H groups in total. The fourth-order valence-electron chi connectivity index (χ4n) is 1.40. The highest BCUT2D eigenvalue weighted by Gasteiger charge is 2.30. The second-order valence-electron chi connectivity index (χ2n) is 3.50. The van der Waals surface area contributed by atoms with Gasteiger partial charge in [-0.2, -0.15) is 13.2 Å². The van der Waals surface area contributed by atoms with E-state index in [1.54, 1.807) is 11.4 Å². The van der Waals surface area contributed by atoms with Gasteiger partial charge in [-0.1, -0.05) is 12.1 Å². The Bertz CT molecular complexity index is 572. The molecule has 0 unspecified atom stereocenters. The van der Waals surface area contributed by atoms with Crippen LogP contribution in [0.15, 0.2) is 40.2 Å². The Morgan fingerprint density at radius 2 is 1.72 bits per heavy atom. The minimum Gasteiger partial charge on any atom is -0.288 e. The molecule has 0 bridgehead atoms. The van der Waals surface area contributed by atoms with Crippen molar-refractivity contribution in [2.45, 2.75) is 6.18 Å². The number of hydrogen-bond donors (Lipinski definition) is 0. The molecule has 0 fully saturated rings. The summed E-state index contributed by atoms with van der Waals surface area (Å²) >= 11 is 4.46. The van der Waals surface area contributed by atoms with E-state index in [0.717, 1.165) is 12.1 Å². The Kier molecular flexibility index (Phi) is 3.59. The summed E-state index contributed by atoms with van der Waals surface area (Å²) in [7, 11) is 0.